The molecule has 2 unspecified atom stereocenters. The highest BCUT2D eigenvalue weighted by atomic mass is 15.0. The SMILES string of the molecule is N/C=C(/C=C/c1ccc(/C=C/c2cnc(C3CCCN3)[nH]2)cc1)NCC1CCCN1. The van der Waals surface area contributed by atoms with Crippen LogP contribution < -0.4 is 21.7 Å². The smallest absolute Gasteiger partial charge is 0.123 e. The molecule has 3 heterocycles. The number of hydrogen-bond acceptors (Lipinski definition) is 5. The summed E-state index contributed by atoms with van der Waals surface area (Å²) in [5.41, 5.74) is 10.0. The number of nitrogens with one attached hydrogen (secondary N) is 4. The monoisotopic (exact) mass is 404 g/mol. The van der Waals surface area contributed by atoms with Crippen LogP contribution in [0.15, 0.2) is 48.4 Å². The lowest BCUT2D eigenvalue weighted by molar-refractivity contribution is 0.572. The summed E-state index contributed by atoms with van der Waals surface area (Å²) in [6.45, 7) is 3.10. The van der Waals surface area contributed by atoms with Gasteiger partial charge in [0.15, 0.2) is 0 Å². The molecule has 0 aliphatic carbocycles. The molecule has 0 radical (unpaired) electrons. The third-order valence-corrected chi connectivity index (χ3v) is 5.75. The number of nitrogens with two attached hydrogens (primary N) is 1. The first-order valence-corrected chi connectivity index (χ1v) is 10.9. The molecule has 30 heavy (non-hydrogen) atoms. The van der Waals surface area contributed by atoms with Crippen LogP contribution in [-0.2, 0) is 0 Å². The molecular weight excluding hydrogens is 372 g/mol. The average Bonchev–Trinajstić information content (AvgIpc) is 3.55. The van der Waals surface area contributed by atoms with Gasteiger partial charge in [0, 0.05) is 24.5 Å². The van der Waals surface area contributed by atoms with Gasteiger partial charge in [0.25, 0.3) is 0 Å². The Morgan fingerprint density at radius 1 is 1.03 bits per heavy atom. The van der Waals surface area contributed by atoms with E-state index < -0.39 is 0 Å². The van der Waals surface area contributed by atoms with Crippen molar-refractivity contribution in [2.24, 2.45) is 5.73 Å². The van der Waals surface area contributed by atoms with Crippen molar-refractivity contribution < 1.29 is 0 Å². The zero-order chi connectivity index (χ0) is 20.6. The summed E-state index contributed by atoms with van der Waals surface area (Å²) < 4.78 is 0. The van der Waals surface area contributed by atoms with E-state index in [1.807, 2.05) is 12.3 Å². The molecular formula is C24H32N6. The molecule has 0 bridgehead atoms. The molecule has 1 aromatic carbocycles. The topological polar surface area (TPSA) is 90.8 Å². The third-order valence-electron chi connectivity index (χ3n) is 5.75. The number of aromatic nitrogens is 2. The van der Waals surface area contributed by atoms with Gasteiger partial charge in [0.2, 0.25) is 0 Å². The van der Waals surface area contributed by atoms with E-state index in [0.717, 1.165) is 54.4 Å². The lowest BCUT2D eigenvalue weighted by Gasteiger charge is -2.12. The van der Waals surface area contributed by atoms with Crippen molar-refractivity contribution in [3.05, 3.63) is 71.1 Å². The molecule has 0 saturated carbocycles. The van der Waals surface area contributed by atoms with Crippen LogP contribution in [0.25, 0.3) is 18.2 Å². The number of rotatable bonds is 8. The molecule has 2 aliphatic rings. The fourth-order valence-electron chi connectivity index (χ4n) is 3.97. The summed E-state index contributed by atoms with van der Waals surface area (Å²) >= 11 is 0. The van der Waals surface area contributed by atoms with E-state index >= 15 is 0 Å². The van der Waals surface area contributed by atoms with Gasteiger partial charge in [-0.25, -0.2) is 4.98 Å². The lowest BCUT2D eigenvalue weighted by Crippen LogP contribution is -2.33. The second-order valence-corrected chi connectivity index (χ2v) is 8.00. The van der Waals surface area contributed by atoms with Crippen molar-refractivity contribution in [2.75, 3.05) is 19.6 Å². The Hall–Kier alpha value is -2.83. The first-order valence-electron chi connectivity index (χ1n) is 10.9. The van der Waals surface area contributed by atoms with E-state index in [0.29, 0.717) is 12.1 Å². The molecule has 6 N–H and O–H groups in total. The van der Waals surface area contributed by atoms with E-state index in [9.17, 15) is 0 Å². The highest BCUT2D eigenvalue weighted by Gasteiger charge is 2.18. The maximum atomic E-state index is 5.76. The molecule has 0 spiro atoms. The molecule has 1 aromatic heterocycles. The van der Waals surface area contributed by atoms with Gasteiger partial charge in [0.05, 0.1) is 17.9 Å². The highest BCUT2D eigenvalue weighted by molar-refractivity contribution is 5.68. The number of nitrogens with zero attached hydrogens (tertiary/aromatic N) is 1. The minimum atomic E-state index is 0.370. The minimum Gasteiger partial charge on any atom is -0.403 e. The van der Waals surface area contributed by atoms with Gasteiger partial charge >= 0.3 is 0 Å². The number of hydrogen-bond donors (Lipinski definition) is 5. The Labute approximate surface area is 178 Å². The van der Waals surface area contributed by atoms with Crippen LogP contribution in [0, 0.1) is 0 Å². The Bertz CT molecular complexity index is 881. The van der Waals surface area contributed by atoms with Crippen LogP contribution >= 0.6 is 0 Å². The van der Waals surface area contributed by atoms with Crippen molar-refractivity contribution in [2.45, 2.75) is 37.8 Å². The van der Waals surface area contributed by atoms with Gasteiger partial charge in [-0.15, -0.1) is 0 Å². The number of benzene rings is 1. The Morgan fingerprint density at radius 3 is 2.50 bits per heavy atom. The maximum Gasteiger partial charge on any atom is 0.123 e. The van der Waals surface area contributed by atoms with Crippen molar-refractivity contribution in [1.29, 1.82) is 0 Å². The number of H-pyrrole nitrogens is 1. The van der Waals surface area contributed by atoms with Crippen LogP contribution in [0.3, 0.4) is 0 Å². The third kappa shape index (κ3) is 5.62. The van der Waals surface area contributed by atoms with Crippen LogP contribution in [0.2, 0.25) is 0 Å². The van der Waals surface area contributed by atoms with Gasteiger partial charge in [0.1, 0.15) is 5.82 Å². The summed E-state index contributed by atoms with van der Waals surface area (Å²) in [6.07, 6.45) is 16.7. The first kappa shape index (κ1) is 20.4. The van der Waals surface area contributed by atoms with Gasteiger partial charge in [-0.1, -0.05) is 36.4 Å². The largest absolute Gasteiger partial charge is 0.403 e. The van der Waals surface area contributed by atoms with E-state index in [-0.39, 0.29) is 0 Å². The molecule has 2 aromatic rings. The quantitative estimate of drug-likeness (QED) is 0.436. The molecule has 0 amide bonds. The Balaban J connectivity index is 1.29. The molecule has 158 valence electrons. The van der Waals surface area contributed by atoms with Gasteiger partial charge in [-0.2, -0.15) is 0 Å². The van der Waals surface area contributed by atoms with Crippen LogP contribution in [0.1, 0.15) is 54.4 Å². The molecule has 4 rings (SSSR count). The average molecular weight is 405 g/mol. The second-order valence-electron chi connectivity index (χ2n) is 8.00. The zero-order valence-corrected chi connectivity index (χ0v) is 17.4. The van der Waals surface area contributed by atoms with Gasteiger partial charge in [-0.05, 0) is 62.1 Å². The highest BCUT2D eigenvalue weighted by Crippen LogP contribution is 2.20. The fourth-order valence-corrected chi connectivity index (χ4v) is 3.97. The molecule has 2 atom stereocenters. The van der Waals surface area contributed by atoms with Crippen molar-refractivity contribution in [1.82, 2.24) is 25.9 Å². The van der Waals surface area contributed by atoms with Crippen molar-refractivity contribution >= 4 is 18.2 Å². The van der Waals surface area contributed by atoms with Crippen LogP contribution in [0.4, 0.5) is 0 Å². The van der Waals surface area contributed by atoms with E-state index in [1.165, 1.54) is 19.3 Å². The summed E-state index contributed by atoms with van der Waals surface area (Å²) in [6, 6.07) is 9.38. The lowest BCUT2D eigenvalue weighted by atomic mass is 10.1. The van der Waals surface area contributed by atoms with Crippen LogP contribution in [0.5, 0.6) is 0 Å². The van der Waals surface area contributed by atoms with Gasteiger partial charge in [-0.3, -0.25) is 0 Å². The summed E-state index contributed by atoms with van der Waals surface area (Å²) in [4.78, 5) is 7.92. The molecule has 6 nitrogen and oxygen atoms in total. The van der Waals surface area contributed by atoms with Crippen molar-refractivity contribution in [3.63, 3.8) is 0 Å². The first-order chi connectivity index (χ1) is 14.8. The standard InChI is InChI=1S/C24H32N6/c25-15-20(28-16-21-3-1-13-26-21)11-9-18-5-7-19(8-6-18)10-12-22-17-29-24(30-22)23-4-2-14-27-23/h5-12,15,17,21,23,26-28H,1-4,13-14,16,25H2,(H,29,30)/b11-9+,12-10+,20-15-. The predicted octanol–water partition coefficient (Wildman–Crippen LogP) is 3.16. The normalized spacial score (nSPS) is 22.5. The van der Waals surface area contributed by atoms with Crippen LogP contribution in [-0.4, -0.2) is 35.6 Å². The maximum absolute atomic E-state index is 5.76. The zero-order valence-electron chi connectivity index (χ0n) is 17.4. The van der Waals surface area contributed by atoms with Crippen molar-refractivity contribution in [3.8, 4) is 0 Å². The minimum absolute atomic E-state index is 0.370. The van der Waals surface area contributed by atoms with E-state index in [1.54, 1.807) is 6.20 Å². The van der Waals surface area contributed by atoms with Gasteiger partial charge < -0.3 is 26.7 Å². The Morgan fingerprint density at radius 2 is 1.80 bits per heavy atom. The molecule has 2 fully saturated rings. The second kappa shape index (κ2) is 10.3. The summed E-state index contributed by atoms with van der Waals surface area (Å²) in [5.74, 6) is 1.04. The number of imidazole rings is 1. The van der Waals surface area contributed by atoms with E-state index in [2.05, 4.69) is 68.4 Å². The number of aromatic amines is 1. The fraction of sp³-hybridized carbons (Fsp3) is 0.375. The predicted molar refractivity (Wildman–Crippen MR) is 124 cm³/mol. The molecule has 2 saturated heterocycles. The van der Waals surface area contributed by atoms with E-state index in [4.69, 9.17) is 5.73 Å². The molecule has 6 heteroatoms. The Kier molecular flexibility index (Phi) is 7.00. The number of allylic oxidation sites excluding steroid dienone is 1. The summed E-state index contributed by atoms with van der Waals surface area (Å²) in [5, 5.41) is 10.4. The summed E-state index contributed by atoms with van der Waals surface area (Å²) in [7, 11) is 0. The molecule has 2 aliphatic heterocycles.